The number of anilines is 2. The van der Waals surface area contributed by atoms with E-state index in [1.807, 2.05) is 17.8 Å². The van der Waals surface area contributed by atoms with Crippen molar-refractivity contribution >= 4 is 23.1 Å². The fraction of sp³-hybridized carbons (Fsp3) is 0.300. The van der Waals surface area contributed by atoms with Gasteiger partial charge < -0.3 is 15.6 Å². The number of nitrogens with one attached hydrogen (secondary N) is 1. The van der Waals surface area contributed by atoms with Gasteiger partial charge in [0.15, 0.2) is 5.82 Å². The van der Waals surface area contributed by atoms with E-state index >= 15 is 0 Å². The molecule has 3 N–H and O–H groups in total. The zero-order chi connectivity index (χ0) is 12.3. The van der Waals surface area contributed by atoms with Crippen LogP contribution in [0.15, 0.2) is 18.6 Å². The molecule has 0 saturated heterocycles. The van der Waals surface area contributed by atoms with Gasteiger partial charge in [0.1, 0.15) is 5.82 Å². The highest BCUT2D eigenvalue weighted by Gasteiger charge is 2.03. The Labute approximate surface area is 104 Å². The summed E-state index contributed by atoms with van der Waals surface area (Å²) in [6, 6.07) is 0. The van der Waals surface area contributed by atoms with Crippen molar-refractivity contribution in [3.63, 3.8) is 0 Å². The van der Waals surface area contributed by atoms with Crippen molar-refractivity contribution in [1.82, 2.24) is 19.5 Å². The van der Waals surface area contributed by atoms with Crippen molar-refractivity contribution in [1.29, 1.82) is 0 Å². The van der Waals surface area contributed by atoms with E-state index in [2.05, 4.69) is 20.3 Å². The lowest BCUT2D eigenvalue weighted by molar-refractivity contribution is 0.788. The topological polar surface area (TPSA) is 81.7 Å². The van der Waals surface area contributed by atoms with Crippen LogP contribution in [0.4, 0.5) is 11.5 Å². The lowest BCUT2D eigenvalue weighted by atomic mass is 10.4. The second-order valence-corrected chi connectivity index (χ2v) is 3.91. The second kappa shape index (κ2) is 5.01. The average Bonchev–Trinajstić information content (AvgIpc) is 2.70. The largest absolute Gasteiger partial charge is 0.394 e. The van der Waals surface area contributed by atoms with Crippen LogP contribution < -0.4 is 11.1 Å². The molecule has 0 saturated carbocycles. The number of nitrogens with two attached hydrogens (primary N) is 1. The van der Waals surface area contributed by atoms with Gasteiger partial charge in [-0.1, -0.05) is 0 Å². The van der Waals surface area contributed by atoms with Crippen LogP contribution in [0, 0.1) is 0 Å². The minimum atomic E-state index is 0.179. The zero-order valence-corrected chi connectivity index (χ0v) is 10.1. The minimum Gasteiger partial charge on any atom is -0.394 e. The molecular formula is C10H13ClN6. The molecule has 2 rings (SSSR count). The first kappa shape index (κ1) is 11.7. The van der Waals surface area contributed by atoms with Crippen LogP contribution in [0.5, 0.6) is 0 Å². The van der Waals surface area contributed by atoms with Crippen molar-refractivity contribution in [2.24, 2.45) is 7.05 Å². The van der Waals surface area contributed by atoms with Gasteiger partial charge in [-0.15, -0.1) is 0 Å². The zero-order valence-electron chi connectivity index (χ0n) is 9.39. The molecule has 0 fully saturated rings. The van der Waals surface area contributed by atoms with Gasteiger partial charge in [-0.25, -0.2) is 9.97 Å². The maximum Gasteiger partial charge on any atom is 0.224 e. The second-order valence-electron chi connectivity index (χ2n) is 3.57. The van der Waals surface area contributed by atoms with Gasteiger partial charge in [0.2, 0.25) is 5.28 Å². The predicted octanol–water partition coefficient (Wildman–Crippen LogP) is 1.10. The molecule has 2 heterocycles. The fourth-order valence-corrected chi connectivity index (χ4v) is 1.57. The number of aryl methyl sites for hydroxylation is 1. The monoisotopic (exact) mass is 252 g/mol. The summed E-state index contributed by atoms with van der Waals surface area (Å²) in [5.41, 5.74) is 6.19. The van der Waals surface area contributed by atoms with Gasteiger partial charge in [0.05, 0.1) is 11.9 Å². The van der Waals surface area contributed by atoms with E-state index in [-0.39, 0.29) is 5.28 Å². The van der Waals surface area contributed by atoms with E-state index in [4.69, 9.17) is 17.3 Å². The lowest BCUT2D eigenvalue weighted by Gasteiger charge is -2.07. The van der Waals surface area contributed by atoms with Crippen LogP contribution in [-0.4, -0.2) is 26.1 Å². The van der Waals surface area contributed by atoms with Crippen molar-refractivity contribution in [3.8, 4) is 0 Å². The smallest absolute Gasteiger partial charge is 0.224 e. The number of hydrogen-bond donors (Lipinski definition) is 2. The molecule has 17 heavy (non-hydrogen) atoms. The van der Waals surface area contributed by atoms with Crippen molar-refractivity contribution in [2.75, 3.05) is 17.6 Å². The third-order valence-corrected chi connectivity index (χ3v) is 2.53. The van der Waals surface area contributed by atoms with Gasteiger partial charge in [-0.3, -0.25) is 0 Å². The first-order valence-corrected chi connectivity index (χ1v) is 5.52. The quantitative estimate of drug-likeness (QED) is 0.797. The molecule has 2 aromatic rings. The molecule has 7 heteroatoms. The van der Waals surface area contributed by atoms with Gasteiger partial charge >= 0.3 is 0 Å². The van der Waals surface area contributed by atoms with Gasteiger partial charge in [-0.05, 0) is 11.6 Å². The summed E-state index contributed by atoms with van der Waals surface area (Å²) in [5.74, 6) is 1.55. The number of imidazole rings is 1. The fourth-order valence-electron chi connectivity index (χ4n) is 1.44. The molecule has 90 valence electrons. The molecule has 0 aliphatic heterocycles. The van der Waals surface area contributed by atoms with E-state index in [0.717, 1.165) is 12.2 Å². The van der Waals surface area contributed by atoms with Crippen LogP contribution in [0.3, 0.4) is 0 Å². The van der Waals surface area contributed by atoms with E-state index < -0.39 is 0 Å². The third-order valence-electron chi connectivity index (χ3n) is 2.35. The highest BCUT2D eigenvalue weighted by Crippen LogP contribution is 2.15. The van der Waals surface area contributed by atoms with Crippen molar-refractivity contribution < 1.29 is 0 Å². The Bertz CT molecular complexity index is 509. The molecule has 6 nitrogen and oxygen atoms in total. The molecule has 0 amide bonds. The summed E-state index contributed by atoms with van der Waals surface area (Å²) >= 11 is 5.69. The molecule has 0 bridgehead atoms. The summed E-state index contributed by atoms with van der Waals surface area (Å²) in [4.78, 5) is 12.0. The van der Waals surface area contributed by atoms with E-state index in [0.29, 0.717) is 18.1 Å². The summed E-state index contributed by atoms with van der Waals surface area (Å²) in [6.07, 6.45) is 5.94. The predicted molar refractivity (Wildman–Crippen MR) is 66.9 cm³/mol. The number of nitrogens with zero attached hydrogens (tertiary/aromatic N) is 4. The normalized spacial score (nSPS) is 10.5. The summed E-state index contributed by atoms with van der Waals surface area (Å²) < 4.78 is 1.97. The molecular weight excluding hydrogens is 240 g/mol. The Balaban J connectivity index is 1.94. The molecule has 0 aromatic carbocycles. The number of hydrogen-bond acceptors (Lipinski definition) is 5. The molecule has 0 aliphatic rings. The maximum absolute atomic E-state index is 5.71. The van der Waals surface area contributed by atoms with E-state index in [1.54, 1.807) is 6.20 Å². The Morgan fingerprint density at radius 1 is 1.47 bits per heavy atom. The number of halogens is 1. The number of aromatic nitrogens is 4. The number of nitrogen functional groups attached to an aromatic ring is 1. The first-order valence-electron chi connectivity index (χ1n) is 5.15. The first-order chi connectivity index (χ1) is 8.16. The number of rotatable bonds is 4. The van der Waals surface area contributed by atoms with Gasteiger partial charge in [0, 0.05) is 32.4 Å². The molecule has 0 atom stereocenters. The van der Waals surface area contributed by atoms with Gasteiger partial charge in [0.25, 0.3) is 0 Å². The summed E-state index contributed by atoms with van der Waals surface area (Å²) in [6.45, 7) is 0.683. The minimum absolute atomic E-state index is 0.179. The molecule has 0 spiro atoms. The Morgan fingerprint density at radius 2 is 2.29 bits per heavy atom. The van der Waals surface area contributed by atoms with E-state index in [9.17, 15) is 0 Å². The molecule has 0 aliphatic carbocycles. The molecule has 0 radical (unpaired) electrons. The summed E-state index contributed by atoms with van der Waals surface area (Å²) in [7, 11) is 1.96. The Morgan fingerprint density at radius 3 is 3.00 bits per heavy atom. The van der Waals surface area contributed by atoms with Crippen molar-refractivity contribution in [3.05, 3.63) is 29.7 Å². The highest BCUT2D eigenvalue weighted by atomic mass is 35.5. The summed E-state index contributed by atoms with van der Waals surface area (Å²) in [5, 5.41) is 3.28. The van der Waals surface area contributed by atoms with Crippen LogP contribution in [0.1, 0.15) is 5.82 Å². The van der Waals surface area contributed by atoms with E-state index in [1.165, 1.54) is 6.20 Å². The van der Waals surface area contributed by atoms with Crippen LogP contribution in [-0.2, 0) is 13.5 Å². The highest BCUT2D eigenvalue weighted by molar-refractivity contribution is 6.28. The van der Waals surface area contributed by atoms with Crippen LogP contribution >= 0.6 is 11.6 Å². The lowest BCUT2D eigenvalue weighted by Crippen LogP contribution is -2.11. The molecule has 2 aromatic heterocycles. The van der Waals surface area contributed by atoms with Crippen LogP contribution in [0.2, 0.25) is 5.28 Å². The van der Waals surface area contributed by atoms with Gasteiger partial charge in [-0.2, -0.15) is 4.98 Å². The third kappa shape index (κ3) is 2.85. The Kier molecular flexibility index (Phi) is 3.43. The van der Waals surface area contributed by atoms with Crippen LogP contribution in [0.25, 0.3) is 0 Å². The molecule has 0 unspecified atom stereocenters. The SMILES string of the molecule is Cn1ccnc1CCNc1nc(Cl)ncc1N. The Hall–Kier alpha value is -1.82. The van der Waals surface area contributed by atoms with Crippen molar-refractivity contribution in [2.45, 2.75) is 6.42 Å². The average molecular weight is 253 g/mol. The standard InChI is InChI=1S/C10H13ClN6/c1-17-5-4-13-8(17)2-3-14-9-7(12)6-15-10(11)16-9/h4-6H,2-3,12H2,1H3,(H,14,15,16). The maximum atomic E-state index is 5.71.